The van der Waals surface area contributed by atoms with Gasteiger partial charge in [-0.25, -0.2) is 0 Å². The van der Waals surface area contributed by atoms with Crippen molar-refractivity contribution >= 4 is 5.97 Å². The predicted molar refractivity (Wildman–Crippen MR) is 177 cm³/mol. The highest BCUT2D eigenvalue weighted by Gasteiger charge is 2.28. The molecule has 0 aromatic carbocycles. The molecule has 0 fully saturated rings. The molecular weight excluding hydrogens is 508 g/mol. The van der Waals surface area contributed by atoms with Gasteiger partial charge in [0.15, 0.2) is 0 Å². The van der Waals surface area contributed by atoms with Gasteiger partial charge in [0.05, 0.1) is 6.61 Å². The van der Waals surface area contributed by atoms with Crippen molar-refractivity contribution in [3.63, 3.8) is 0 Å². The molecule has 0 aromatic rings. The highest BCUT2D eigenvalue weighted by atomic mass is 16.5. The lowest BCUT2D eigenvalue weighted by atomic mass is 9.70. The molecule has 0 aliphatic carbocycles. The highest BCUT2D eigenvalue weighted by Crippen LogP contribution is 2.42. The van der Waals surface area contributed by atoms with E-state index in [2.05, 4.69) is 34.6 Å². The number of hydrogen-bond acceptors (Lipinski definition) is 4. The fraction of sp³-hybridized carbons (Fsp3) is 0.973. The third-order valence-electron chi connectivity index (χ3n) is 9.02. The Kier molecular flexibility index (Phi) is 27.8. The zero-order valence-electron chi connectivity index (χ0n) is 28.5. The Labute approximate surface area is 257 Å². The summed E-state index contributed by atoms with van der Waals surface area (Å²) >= 11 is 0. The zero-order chi connectivity index (χ0) is 30.6. The van der Waals surface area contributed by atoms with Crippen LogP contribution in [0.15, 0.2) is 0 Å². The maximum absolute atomic E-state index is 12.1. The van der Waals surface area contributed by atoms with Crippen LogP contribution in [0.4, 0.5) is 0 Å². The molecule has 0 aliphatic heterocycles. The lowest BCUT2D eigenvalue weighted by Crippen LogP contribution is -2.23. The number of carbonyl (C=O) groups is 1. The van der Waals surface area contributed by atoms with Crippen molar-refractivity contribution in [1.82, 2.24) is 0 Å². The fourth-order valence-electron chi connectivity index (χ4n) is 6.28. The molecule has 0 spiro atoms. The first-order valence-electron chi connectivity index (χ1n) is 18.2. The SMILES string of the molecule is CCCCCCCCCCCCC(CCCCCC(C)C)(CCCCCC(C)C)CCCCC(=O)OCC(O)CO. The van der Waals surface area contributed by atoms with Crippen LogP contribution in [0, 0.1) is 17.3 Å². The Morgan fingerprint density at radius 1 is 0.610 bits per heavy atom. The topological polar surface area (TPSA) is 66.8 Å². The van der Waals surface area contributed by atoms with Gasteiger partial charge in [-0.05, 0) is 49.4 Å². The van der Waals surface area contributed by atoms with Gasteiger partial charge in [-0.2, -0.15) is 0 Å². The maximum Gasteiger partial charge on any atom is 0.305 e. The maximum atomic E-state index is 12.1. The van der Waals surface area contributed by atoms with Gasteiger partial charge in [-0.3, -0.25) is 4.79 Å². The van der Waals surface area contributed by atoms with E-state index in [4.69, 9.17) is 9.84 Å². The Hall–Kier alpha value is -0.610. The molecule has 0 amide bonds. The number of hydrogen-bond donors (Lipinski definition) is 2. The van der Waals surface area contributed by atoms with Crippen molar-refractivity contribution in [3.8, 4) is 0 Å². The minimum absolute atomic E-state index is 0.106. The molecule has 4 nitrogen and oxygen atoms in total. The van der Waals surface area contributed by atoms with Gasteiger partial charge in [0.2, 0.25) is 0 Å². The van der Waals surface area contributed by atoms with E-state index < -0.39 is 6.10 Å². The van der Waals surface area contributed by atoms with Crippen LogP contribution in [0.1, 0.15) is 195 Å². The number of ether oxygens (including phenoxy) is 1. The van der Waals surface area contributed by atoms with E-state index in [0.29, 0.717) is 11.8 Å². The second-order valence-corrected chi connectivity index (χ2v) is 14.1. The first kappa shape index (κ1) is 40.4. The molecule has 1 unspecified atom stereocenters. The largest absolute Gasteiger partial charge is 0.463 e. The summed E-state index contributed by atoms with van der Waals surface area (Å²) in [6.45, 7) is 11.2. The van der Waals surface area contributed by atoms with Crippen molar-refractivity contribution in [2.45, 2.75) is 201 Å². The van der Waals surface area contributed by atoms with Crippen molar-refractivity contribution in [1.29, 1.82) is 0 Å². The summed E-state index contributed by atoms with van der Waals surface area (Å²) in [6, 6.07) is 0. The fourth-order valence-corrected chi connectivity index (χ4v) is 6.28. The second-order valence-electron chi connectivity index (χ2n) is 14.1. The van der Waals surface area contributed by atoms with Gasteiger partial charge in [0, 0.05) is 6.42 Å². The van der Waals surface area contributed by atoms with Crippen LogP contribution in [-0.2, 0) is 9.53 Å². The summed E-state index contributed by atoms with van der Waals surface area (Å²) < 4.78 is 5.14. The van der Waals surface area contributed by atoms with Crippen molar-refractivity contribution in [2.75, 3.05) is 13.2 Å². The normalized spacial score (nSPS) is 12.9. The van der Waals surface area contributed by atoms with E-state index in [1.165, 1.54) is 141 Å². The summed E-state index contributed by atoms with van der Waals surface area (Å²) in [4.78, 5) is 12.1. The minimum Gasteiger partial charge on any atom is -0.463 e. The lowest BCUT2D eigenvalue weighted by Gasteiger charge is -2.35. The Morgan fingerprint density at radius 2 is 1.00 bits per heavy atom. The summed E-state index contributed by atoms with van der Waals surface area (Å²) in [5.74, 6) is 1.34. The monoisotopic (exact) mass is 583 g/mol. The average molecular weight is 583 g/mol. The van der Waals surface area contributed by atoms with E-state index >= 15 is 0 Å². The van der Waals surface area contributed by atoms with E-state index in [9.17, 15) is 9.90 Å². The number of aliphatic hydroxyl groups excluding tert-OH is 2. The first-order chi connectivity index (χ1) is 19.7. The number of rotatable bonds is 31. The number of carbonyl (C=O) groups excluding carboxylic acids is 1. The smallest absolute Gasteiger partial charge is 0.305 e. The van der Waals surface area contributed by atoms with Gasteiger partial charge in [-0.15, -0.1) is 0 Å². The highest BCUT2D eigenvalue weighted by molar-refractivity contribution is 5.69. The van der Waals surface area contributed by atoms with E-state index in [1.54, 1.807) is 0 Å². The number of esters is 1. The second kappa shape index (κ2) is 28.2. The molecule has 0 heterocycles. The van der Waals surface area contributed by atoms with Crippen LogP contribution in [-0.4, -0.2) is 35.5 Å². The van der Waals surface area contributed by atoms with Crippen LogP contribution in [0.3, 0.4) is 0 Å². The Morgan fingerprint density at radius 3 is 1.41 bits per heavy atom. The molecule has 1 atom stereocenters. The molecule has 0 saturated heterocycles. The van der Waals surface area contributed by atoms with Gasteiger partial charge >= 0.3 is 5.97 Å². The molecule has 0 aliphatic rings. The Bertz CT molecular complexity index is 541. The third kappa shape index (κ3) is 26.7. The summed E-state index contributed by atoms with van der Waals surface area (Å²) in [6.07, 6.45) is 31.3. The van der Waals surface area contributed by atoms with Gasteiger partial charge in [-0.1, -0.05) is 157 Å². The van der Waals surface area contributed by atoms with Crippen LogP contribution in [0.2, 0.25) is 0 Å². The summed E-state index contributed by atoms with van der Waals surface area (Å²) in [5.41, 5.74) is 0.423. The molecule has 41 heavy (non-hydrogen) atoms. The zero-order valence-corrected chi connectivity index (χ0v) is 28.5. The standard InChI is InChI=1S/C37H74O4/c1-6-7-8-9-10-11-12-13-14-20-27-37(28-21-15-17-24-33(2)3,29-22-16-18-25-34(4)5)30-23-19-26-36(40)41-32-35(39)31-38/h33-35,38-39H,6-32H2,1-5H3. The predicted octanol–water partition coefficient (Wildman–Crippen LogP) is 11.0. The van der Waals surface area contributed by atoms with Gasteiger partial charge in [0.25, 0.3) is 0 Å². The molecule has 246 valence electrons. The third-order valence-corrected chi connectivity index (χ3v) is 9.02. The molecule has 2 N–H and O–H groups in total. The molecule has 0 radical (unpaired) electrons. The molecule has 0 bridgehead atoms. The van der Waals surface area contributed by atoms with Crippen molar-refractivity contribution in [2.24, 2.45) is 17.3 Å². The molecule has 0 aromatic heterocycles. The van der Waals surface area contributed by atoms with Crippen LogP contribution in [0.25, 0.3) is 0 Å². The minimum atomic E-state index is -0.973. The lowest BCUT2D eigenvalue weighted by molar-refractivity contribution is -0.147. The first-order valence-corrected chi connectivity index (χ1v) is 18.2. The molecular formula is C37H74O4. The molecule has 0 saturated carbocycles. The van der Waals surface area contributed by atoms with Crippen molar-refractivity contribution < 1.29 is 19.7 Å². The van der Waals surface area contributed by atoms with E-state index in [0.717, 1.165) is 24.7 Å². The van der Waals surface area contributed by atoms with Crippen molar-refractivity contribution in [3.05, 3.63) is 0 Å². The van der Waals surface area contributed by atoms with Gasteiger partial charge in [0.1, 0.15) is 12.7 Å². The molecule has 0 rings (SSSR count). The van der Waals surface area contributed by atoms with Crippen LogP contribution < -0.4 is 0 Å². The quantitative estimate of drug-likeness (QED) is 0.0630. The van der Waals surface area contributed by atoms with Crippen LogP contribution in [0.5, 0.6) is 0 Å². The summed E-state index contributed by atoms with van der Waals surface area (Å²) in [5, 5.41) is 18.4. The number of aliphatic hydroxyl groups is 2. The van der Waals surface area contributed by atoms with Crippen LogP contribution >= 0.6 is 0 Å². The van der Waals surface area contributed by atoms with E-state index in [1.807, 2.05) is 0 Å². The molecule has 4 heteroatoms. The Balaban J connectivity index is 4.93. The number of unbranched alkanes of at least 4 members (excludes halogenated alkanes) is 14. The van der Waals surface area contributed by atoms with E-state index in [-0.39, 0.29) is 19.2 Å². The summed E-state index contributed by atoms with van der Waals surface area (Å²) in [7, 11) is 0. The van der Waals surface area contributed by atoms with Gasteiger partial charge < -0.3 is 14.9 Å². The average Bonchev–Trinajstić information content (AvgIpc) is 2.94.